The van der Waals surface area contributed by atoms with Crippen molar-refractivity contribution < 1.29 is 11.3 Å². The lowest BCUT2D eigenvalue weighted by molar-refractivity contribution is 0.673. The number of fused-ring (bicyclic) bond motifs is 7. The van der Waals surface area contributed by atoms with Gasteiger partial charge in [0.05, 0.1) is 6.85 Å². The van der Waals surface area contributed by atoms with Crippen molar-refractivity contribution in [1.82, 2.24) is 0 Å². The summed E-state index contributed by atoms with van der Waals surface area (Å²) in [7, 11) is 0. The minimum Gasteiger partial charge on any atom is -0.455 e. The summed E-state index contributed by atoms with van der Waals surface area (Å²) in [6.07, 6.45) is 0. The number of hydrogen-bond acceptors (Lipinski definition) is 1. The zero-order chi connectivity index (χ0) is 36.7. The predicted molar refractivity (Wildman–Crippen MR) is 208 cm³/mol. The van der Waals surface area contributed by atoms with Crippen LogP contribution in [0, 0.1) is 0 Å². The maximum atomic E-state index is 8.37. The van der Waals surface area contributed by atoms with Gasteiger partial charge in [-0.25, -0.2) is 0 Å². The first-order valence-electron chi connectivity index (χ1n) is 18.9. The molecule has 10 rings (SSSR count). The molecule has 1 heterocycles. The molecule has 1 nitrogen and oxygen atoms in total. The van der Waals surface area contributed by atoms with E-state index >= 15 is 0 Å². The summed E-state index contributed by atoms with van der Waals surface area (Å²) < 4.78 is 47.4. The Balaban J connectivity index is 1.08. The Morgan fingerprint density at radius 3 is 1.43 bits per heavy atom. The van der Waals surface area contributed by atoms with Crippen molar-refractivity contribution in [3.8, 4) is 44.5 Å². The first kappa shape index (κ1) is 23.0. The van der Waals surface area contributed by atoms with Crippen molar-refractivity contribution in [2.45, 2.75) is 0 Å². The summed E-state index contributed by atoms with van der Waals surface area (Å²) in [5.41, 5.74) is 9.11. The van der Waals surface area contributed by atoms with Crippen LogP contribution in [0.1, 0.15) is 6.85 Å². The lowest BCUT2D eigenvalue weighted by Gasteiger charge is -2.18. The second-order valence-corrected chi connectivity index (χ2v) is 12.5. The molecule has 0 spiro atoms. The van der Waals surface area contributed by atoms with Gasteiger partial charge in [-0.3, -0.25) is 0 Å². The largest absolute Gasteiger partial charge is 0.455 e. The Morgan fingerprint density at radius 2 is 0.816 bits per heavy atom. The van der Waals surface area contributed by atoms with Crippen molar-refractivity contribution in [1.29, 1.82) is 0 Å². The topological polar surface area (TPSA) is 13.1 Å². The van der Waals surface area contributed by atoms with Crippen LogP contribution >= 0.6 is 0 Å². The zero-order valence-corrected chi connectivity index (χ0v) is 26.3. The minimum atomic E-state index is -0.390. The maximum Gasteiger partial charge on any atom is 0.143 e. The maximum absolute atomic E-state index is 8.37. The first-order valence-corrected chi connectivity index (χ1v) is 16.4. The molecule has 0 fully saturated rings. The lowest BCUT2D eigenvalue weighted by atomic mass is 9.85. The molecule has 1 heteroatoms. The van der Waals surface area contributed by atoms with Crippen LogP contribution in [-0.2, 0) is 0 Å². The van der Waals surface area contributed by atoms with Gasteiger partial charge < -0.3 is 4.42 Å². The highest BCUT2D eigenvalue weighted by molar-refractivity contribution is 6.22. The van der Waals surface area contributed by atoms with Crippen LogP contribution < -0.4 is 0 Å². The monoisotopic (exact) mass is 627 g/mol. The molecule has 0 aliphatic heterocycles. The molecule has 0 saturated heterocycles. The van der Waals surface area contributed by atoms with Gasteiger partial charge >= 0.3 is 0 Å². The Kier molecular flexibility index (Phi) is 5.20. The van der Waals surface area contributed by atoms with Gasteiger partial charge in [0.25, 0.3) is 0 Å². The van der Waals surface area contributed by atoms with Crippen molar-refractivity contribution in [2.24, 2.45) is 0 Å². The molecule has 0 atom stereocenters. The molecule has 0 bridgehead atoms. The highest BCUT2D eigenvalue weighted by Gasteiger charge is 2.18. The van der Waals surface area contributed by atoms with E-state index < -0.39 is 6.04 Å². The highest BCUT2D eigenvalue weighted by atomic mass is 16.3. The molecule has 228 valence electrons. The fraction of sp³-hybridized carbons (Fsp3) is 0. The lowest BCUT2D eigenvalue weighted by Crippen LogP contribution is -1.91. The third-order valence-corrected chi connectivity index (χ3v) is 9.76. The smallest absolute Gasteiger partial charge is 0.143 e. The standard InChI is InChI=1S/C48H30O/c1-2-10-31(11-3-1)32-18-20-33(21-19-32)34-22-24-36(25-23-34)46-40-14-6-8-16-42(40)47(43-17-9-7-15-41(43)46)37-27-28-39-44-29-26-35-12-4-5-13-38(35)48(44)49-45(39)30-37/h1-30H/i1D,2D,3D,10D,11D. The van der Waals surface area contributed by atoms with E-state index in [1.165, 1.54) is 21.9 Å². The molecule has 0 aliphatic carbocycles. The molecule has 0 unspecified atom stereocenters. The van der Waals surface area contributed by atoms with Crippen LogP contribution in [0.3, 0.4) is 0 Å². The van der Waals surface area contributed by atoms with E-state index in [4.69, 9.17) is 11.3 Å². The van der Waals surface area contributed by atoms with Crippen LogP contribution in [0.25, 0.3) is 98.8 Å². The van der Waals surface area contributed by atoms with Crippen LogP contribution in [-0.4, -0.2) is 0 Å². The van der Waals surface area contributed by atoms with Gasteiger partial charge in [-0.1, -0.05) is 164 Å². The van der Waals surface area contributed by atoms with Crippen LogP contribution in [0.5, 0.6) is 0 Å². The Hall–Kier alpha value is -6.44. The van der Waals surface area contributed by atoms with Crippen molar-refractivity contribution in [2.75, 3.05) is 0 Å². The Bertz CT molecular complexity index is 3060. The van der Waals surface area contributed by atoms with E-state index in [-0.39, 0.29) is 29.7 Å². The van der Waals surface area contributed by atoms with Crippen LogP contribution in [0.4, 0.5) is 0 Å². The number of rotatable bonds is 4. The third-order valence-electron chi connectivity index (χ3n) is 9.76. The van der Waals surface area contributed by atoms with E-state index in [9.17, 15) is 0 Å². The van der Waals surface area contributed by atoms with Crippen LogP contribution in [0.15, 0.2) is 186 Å². The third kappa shape index (κ3) is 4.47. The summed E-state index contributed by atoms with van der Waals surface area (Å²) >= 11 is 0. The number of hydrogen-bond donors (Lipinski definition) is 0. The van der Waals surface area contributed by atoms with Gasteiger partial charge in [-0.2, -0.15) is 0 Å². The fourth-order valence-corrected chi connectivity index (χ4v) is 7.46. The average molecular weight is 628 g/mol. The van der Waals surface area contributed by atoms with Gasteiger partial charge in [0.15, 0.2) is 0 Å². The van der Waals surface area contributed by atoms with E-state index in [0.29, 0.717) is 5.56 Å². The molecule has 9 aromatic carbocycles. The summed E-state index contributed by atoms with van der Waals surface area (Å²) in [6.45, 7) is 0. The van der Waals surface area contributed by atoms with Crippen molar-refractivity contribution in [3.05, 3.63) is 182 Å². The molecular weight excluding hydrogens is 593 g/mol. The fourth-order valence-electron chi connectivity index (χ4n) is 7.46. The highest BCUT2D eigenvalue weighted by Crippen LogP contribution is 2.45. The van der Waals surface area contributed by atoms with Crippen molar-refractivity contribution >= 4 is 54.3 Å². The zero-order valence-electron chi connectivity index (χ0n) is 31.3. The minimum absolute atomic E-state index is 0.201. The molecule has 49 heavy (non-hydrogen) atoms. The second-order valence-electron chi connectivity index (χ2n) is 12.5. The van der Waals surface area contributed by atoms with Gasteiger partial charge in [-0.15, -0.1) is 0 Å². The normalized spacial score (nSPS) is 13.1. The summed E-state index contributed by atoms with van der Waals surface area (Å²) in [5.74, 6) is 0. The second kappa shape index (κ2) is 11.1. The molecule has 0 radical (unpaired) electrons. The van der Waals surface area contributed by atoms with Gasteiger partial charge in [0, 0.05) is 16.2 Å². The molecule has 10 aromatic rings. The van der Waals surface area contributed by atoms with E-state index in [1.807, 2.05) is 24.3 Å². The molecular formula is C48H30O. The molecule has 0 N–H and O–H groups in total. The molecule has 0 saturated carbocycles. The van der Waals surface area contributed by atoms with E-state index in [2.05, 4.69) is 127 Å². The average Bonchev–Trinajstić information content (AvgIpc) is 3.60. The molecule has 0 aliphatic rings. The van der Waals surface area contributed by atoms with E-state index in [0.717, 1.165) is 65.7 Å². The van der Waals surface area contributed by atoms with Crippen molar-refractivity contribution in [3.63, 3.8) is 0 Å². The molecule has 1 aromatic heterocycles. The Morgan fingerprint density at radius 1 is 0.347 bits per heavy atom. The van der Waals surface area contributed by atoms with Crippen LogP contribution in [0.2, 0.25) is 0 Å². The summed E-state index contributed by atoms with van der Waals surface area (Å²) in [4.78, 5) is 0. The molecule has 0 amide bonds. The van der Waals surface area contributed by atoms with Gasteiger partial charge in [0.1, 0.15) is 11.2 Å². The first-order chi connectivity index (χ1) is 26.4. The van der Waals surface area contributed by atoms with Gasteiger partial charge in [0.2, 0.25) is 0 Å². The predicted octanol–water partition coefficient (Wildman–Crippen LogP) is 13.7. The SMILES string of the molecule is [2H]c1c([2H])c([2H])c(-c2ccc(-c3ccc(-c4c5ccccc5c(-c5ccc6c(c5)oc5c7ccccc7ccc65)c5ccccc45)cc3)cc2)c([2H])c1[2H]. The Labute approximate surface area is 291 Å². The number of furan rings is 1. The van der Waals surface area contributed by atoms with E-state index in [1.54, 1.807) is 0 Å². The number of benzene rings is 9. The quantitative estimate of drug-likeness (QED) is 0.177. The summed E-state index contributed by atoms with van der Waals surface area (Å²) in [5, 5.41) is 9.16. The summed E-state index contributed by atoms with van der Waals surface area (Å²) in [6, 6.07) is 51.1. The van der Waals surface area contributed by atoms with Gasteiger partial charge in [-0.05, 0) is 89.6 Å².